The number of rotatable bonds is 2. The lowest BCUT2D eigenvalue weighted by Crippen LogP contribution is -2.15. The average molecular weight is 229 g/mol. The fourth-order valence-electron chi connectivity index (χ4n) is 2.12. The van der Waals surface area contributed by atoms with Crippen LogP contribution < -0.4 is 5.56 Å². The molecular formula is C14H15NO2. The van der Waals surface area contributed by atoms with Gasteiger partial charge in [0.25, 0.3) is 5.56 Å². The summed E-state index contributed by atoms with van der Waals surface area (Å²) in [6, 6.07) is 5.84. The van der Waals surface area contributed by atoms with Gasteiger partial charge >= 0.3 is 0 Å². The van der Waals surface area contributed by atoms with E-state index in [4.69, 9.17) is 0 Å². The van der Waals surface area contributed by atoms with Gasteiger partial charge in [-0.1, -0.05) is 6.07 Å². The highest BCUT2D eigenvalue weighted by Crippen LogP contribution is 2.18. The summed E-state index contributed by atoms with van der Waals surface area (Å²) in [5, 5.41) is 1.01. The Morgan fingerprint density at radius 2 is 1.94 bits per heavy atom. The molecule has 1 aromatic heterocycles. The van der Waals surface area contributed by atoms with Crippen molar-refractivity contribution in [3.8, 4) is 0 Å². The number of Topliss-reactive ketones (excluding diaryl/α,β-unsaturated/α-hetero) is 1. The topological polar surface area (TPSA) is 49.9 Å². The maximum atomic E-state index is 11.8. The third-order valence-corrected chi connectivity index (χ3v) is 2.83. The number of aromatic amines is 1. The number of ketones is 1. The minimum absolute atomic E-state index is 0.000357. The van der Waals surface area contributed by atoms with Gasteiger partial charge in [-0.25, -0.2) is 0 Å². The van der Waals surface area contributed by atoms with Crippen LogP contribution in [0.25, 0.3) is 10.9 Å². The number of carbonyl (C=O) groups excluding carboxylic acids is 1. The van der Waals surface area contributed by atoms with Crippen LogP contribution >= 0.6 is 0 Å². The monoisotopic (exact) mass is 229 g/mol. The molecule has 0 atom stereocenters. The van der Waals surface area contributed by atoms with Gasteiger partial charge in [0.1, 0.15) is 5.78 Å². The summed E-state index contributed by atoms with van der Waals surface area (Å²) in [4.78, 5) is 25.7. The Morgan fingerprint density at radius 3 is 2.59 bits per heavy atom. The molecule has 1 N–H and O–H groups in total. The van der Waals surface area contributed by atoms with Crippen LogP contribution in [0.2, 0.25) is 0 Å². The fourth-order valence-corrected chi connectivity index (χ4v) is 2.12. The summed E-state index contributed by atoms with van der Waals surface area (Å²) in [5.41, 5.74) is 3.43. The SMILES string of the molecule is CC(=O)Cc1cc2c(C)cc(C)cc2[nH]c1=O. The predicted octanol–water partition coefficient (Wildman–Crippen LogP) is 2.28. The number of aromatic nitrogens is 1. The zero-order chi connectivity index (χ0) is 12.6. The van der Waals surface area contributed by atoms with E-state index in [0.717, 1.165) is 22.0 Å². The number of carbonyl (C=O) groups is 1. The third-order valence-electron chi connectivity index (χ3n) is 2.83. The molecule has 0 saturated carbocycles. The maximum Gasteiger partial charge on any atom is 0.252 e. The first kappa shape index (κ1) is 11.6. The Balaban J connectivity index is 2.71. The first-order valence-corrected chi connectivity index (χ1v) is 5.60. The van der Waals surface area contributed by atoms with Crippen molar-refractivity contribution < 1.29 is 4.79 Å². The van der Waals surface area contributed by atoms with Gasteiger partial charge in [0, 0.05) is 22.9 Å². The van der Waals surface area contributed by atoms with Crippen LogP contribution in [-0.4, -0.2) is 10.8 Å². The number of pyridine rings is 1. The van der Waals surface area contributed by atoms with Gasteiger partial charge in [0.15, 0.2) is 0 Å². The second-order valence-corrected chi connectivity index (χ2v) is 4.55. The highest BCUT2D eigenvalue weighted by Gasteiger charge is 2.07. The van der Waals surface area contributed by atoms with Crippen molar-refractivity contribution in [3.05, 3.63) is 45.2 Å². The zero-order valence-electron chi connectivity index (χ0n) is 10.3. The van der Waals surface area contributed by atoms with Crippen molar-refractivity contribution >= 4 is 16.7 Å². The summed E-state index contributed by atoms with van der Waals surface area (Å²) in [7, 11) is 0. The largest absolute Gasteiger partial charge is 0.322 e. The number of aryl methyl sites for hydroxylation is 2. The fraction of sp³-hybridized carbons (Fsp3) is 0.286. The van der Waals surface area contributed by atoms with Gasteiger partial charge in [-0.05, 0) is 44.0 Å². The van der Waals surface area contributed by atoms with Gasteiger partial charge in [-0.15, -0.1) is 0 Å². The quantitative estimate of drug-likeness (QED) is 0.858. The second kappa shape index (κ2) is 4.17. The lowest BCUT2D eigenvalue weighted by atomic mass is 10.0. The van der Waals surface area contributed by atoms with E-state index in [0.29, 0.717) is 5.56 Å². The normalized spacial score (nSPS) is 10.8. The van der Waals surface area contributed by atoms with Crippen LogP contribution in [0.1, 0.15) is 23.6 Å². The summed E-state index contributed by atoms with van der Waals surface area (Å²) in [5.74, 6) is -0.000357. The summed E-state index contributed by atoms with van der Waals surface area (Å²) in [6.07, 6.45) is 0.193. The summed E-state index contributed by atoms with van der Waals surface area (Å²) >= 11 is 0. The Morgan fingerprint density at radius 1 is 1.24 bits per heavy atom. The Labute approximate surface area is 99.5 Å². The Hall–Kier alpha value is -1.90. The lowest BCUT2D eigenvalue weighted by Gasteiger charge is -2.06. The van der Waals surface area contributed by atoms with Crippen LogP contribution in [0.5, 0.6) is 0 Å². The van der Waals surface area contributed by atoms with Gasteiger partial charge in [0.05, 0.1) is 0 Å². The van der Waals surface area contributed by atoms with Gasteiger partial charge in [-0.3, -0.25) is 9.59 Å². The smallest absolute Gasteiger partial charge is 0.252 e. The molecule has 0 radical (unpaired) electrons. The van der Waals surface area contributed by atoms with Crippen molar-refractivity contribution in [1.29, 1.82) is 0 Å². The third kappa shape index (κ3) is 2.28. The van der Waals surface area contributed by atoms with Gasteiger partial charge in [0.2, 0.25) is 0 Å². The molecular weight excluding hydrogens is 214 g/mol. The van der Waals surface area contributed by atoms with Crippen LogP contribution in [0.15, 0.2) is 23.0 Å². The highest BCUT2D eigenvalue weighted by atomic mass is 16.1. The van der Waals surface area contributed by atoms with E-state index in [1.54, 1.807) is 0 Å². The van der Waals surface area contributed by atoms with Gasteiger partial charge in [-0.2, -0.15) is 0 Å². The number of benzene rings is 1. The van der Waals surface area contributed by atoms with E-state index in [2.05, 4.69) is 11.1 Å². The number of hydrogen-bond donors (Lipinski definition) is 1. The van der Waals surface area contributed by atoms with Crippen molar-refractivity contribution in [1.82, 2.24) is 4.98 Å². The van der Waals surface area contributed by atoms with Crippen LogP contribution in [-0.2, 0) is 11.2 Å². The number of hydrogen-bond acceptors (Lipinski definition) is 2. The number of fused-ring (bicyclic) bond motifs is 1. The minimum Gasteiger partial charge on any atom is -0.322 e. The molecule has 1 aromatic carbocycles. The van der Waals surface area contributed by atoms with Crippen LogP contribution in [0.3, 0.4) is 0 Å². The molecule has 0 aliphatic carbocycles. The highest BCUT2D eigenvalue weighted by molar-refractivity contribution is 5.85. The molecule has 0 fully saturated rings. The van der Waals surface area contributed by atoms with E-state index in [1.165, 1.54) is 6.92 Å². The first-order valence-electron chi connectivity index (χ1n) is 5.60. The lowest BCUT2D eigenvalue weighted by molar-refractivity contribution is -0.116. The van der Waals surface area contributed by atoms with Crippen molar-refractivity contribution in [2.24, 2.45) is 0 Å². The molecule has 0 aliphatic heterocycles. The molecule has 3 nitrogen and oxygen atoms in total. The van der Waals surface area contributed by atoms with E-state index in [-0.39, 0.29) is 17.8 Å². The minimum atomic E-state index is -0.169. The van der Waals surface area contributed by atoms with E-state index in [9.17, 15) is 9.59 Å². The molecule has 0 bridgehead atoms. The molecule has 2 aromatic rings. The standard InChI is InChI=1S/C14H15NO2/c1-8-4-9(2)12-7-11(6-10(3)16)14(17)15-13(12)5-8/h4-5,7H,6H2,1-3H3,(H,15,17). The molecule has 0 amide bonds. The molecule has 0 aliphatic rings. The second-order valence-electron chi connectivity index (χ2n) is 4.55. The molecule has 88 valence electrons. The van der Waals surface area contributed by atoms with Crippen molar-refractivity contribution in [3.63, 3.8) is 0 Å². The van der Waals surface area contributed by atoms with Crippen LogP contribution in [0, 0.1) is 13.8 Å². The average Bonchev–Trinajstić information content (AvgIpc) is 2.19. The molecule has 1 heterocycles. The van der Waals surface area contributed by atoms with E-state index >= 15 is 0 Å². The number of H-pyrrole nitrogens is 1. The summed E-state index contributed by atoms with van der Waals surface area (Å²) < 4.78 is 0. The molecule has 17 heavy (non-hydrogen) atoms. The molecule has 0 unspecified atom stereocenters. The van der Waals surface area contributed by atoms with Crippen molar-refractivity contribution in [2.75, 3.05) is 0 Å². The van der Waals surface area contributed by atoms with Gasteiger partial charge < -0.3 is 4.98 Å². The molecule has 3 heteroatoms. The predicted molar refractivity (Wildman–Crippen MR) is 68.4 cm³/mol. The van der Waals surface area contributed by atoms with Crippen molar-refractivity contribution in [2.45, 2.75) is 27.2 Å². The molecule has 0 saturated heterocycles. The first-order chi connectivity index (χ1) is 7.97. The Kier molecular flexibility index (Phi) is 2.84. The van der Waals surface area contributed by atoms with E-state index < -0.39 is 0 Å². The molecule has 0 spiro atoms. The van der Waals surface area contributed by atoms with E-state index in [1.807, 2.05) is 26.0 Å². The summed E-state index contributed by atoms with van der Waals surface area (Å²) in [6.45, 7) is 5.49. The maximum absolute atomic E-state index is 11.8. The number of nitrogens with one attached hydrogen (secondary N) is 1. The van der Waals surface area contributed by atoms with Crippen LogP contribution in [0.4, 0.5) is 0 Å². The molecule has 2 rings (SSSR count). The zero-order valence-corrected chi connectivity index (χ0v) is 10.3. The Bertz CT molecular complexity index is 653.